The van der Waals surface area contributed by atoms with Crippen molar-refractivity contribution in [1.29, 1.82) is 0 Å². The molecule has 1 aromatic heterocycles. The van der Waals surface area contributed by atoms with Gasteiger partial charge in [-0.2, -0.15) is 0 Å². The van der Waals surface area contributed by atoms with Crippen LogP contribution in [0.4, 0.5) is 0 Å². The lowest BCUT2D eigenvalue weighted by atomic mass is 10.1. The highest BCUT2D eigenvalue weighted by molar-refractivity contribution is 6.28. The number of hydrogen-bond donors (Lipinski definition) is 0. The van der Waals surface area contributed by atoms with Crippen molar-refractivity contribution in [3.05, 3.63) is 34.7 Å². The molecule has 2 aromatic rings. The smallest absolute Gasteiger partial charge is 0.223 e. The molecule has 14 heavy (non-hydrogen) atoms. The quantitative estimate of drug-likeness (QED) is 0.532. The zero-order chi connectivity index (χ0) is 10.1. The number of rotatable bonds is 1. The highest BCUT2D eigenvalue weighted by Gasteiger charge is 2.05. The Morgan fingerprint density at radius 3 is 2.86 bits per heavy atom. The Kier molecular flexibility index (Phi) is 2.17. The van der Waals surface area contributed by atoms with Crippen LogP contribution in [0, 0.1) is 6.92 Å². The van der Waals surface area contributed by atoms with Crippen molar-refractivity contribution in [2.45, 2.75) is 6.92 Å². The van der Waals surface area contributed by atoms with Crippen molar-refractivity contribution < 1.29 is 4.79 Å². The second kappa shape index (κ2) is 3.35. The van der Waals surface area contributed by atoms with E-state index in [1.54, 1.807) is 0 Å². The van der Waals surface area contributed by atoms with E-state index < -0.39 is 0 Å². The minimum Gasteiger partial charge on any atom is -0.296 e. The molecule has 0 saturated heterocycles. The molecule has 4 heteroatoms. The molecule has 0 N–H and O–H groups in total. The first-order chi connectivity index (χ1) is 6.70. The molecule has 1 heterocycles. The van der Waals surface area contributed by atoms with Crippen LogP contribution in [0.1, 0.15) is 16.1 Å². The number of hydrogen-bond acceptors (Lipinski definition) is 3. The van der Waals surface area contributed by atoms with Crippen LogP contribution in [0.15, 0.2) is 18.2 Å². The minimum absolute atomic E-state index is 0.100. The number of aryl methyl sites for hydroxylation is 1. The van der Waals surface area contributed by atoms with E-state index >= 15 is 0 Å². The number of nitrogens with zero attached hydrogens (tertiary/aromatic N) is 2. The molecule has 0 atom stereocenters. The predicted molar refractivity (Wildman–Crippen MR) is 54.7 cm³/mol. The summed E-state index contributed by atoms with van der Waals surface area (Å²) >= 11 is 5.66. The third-order valence-electron chi connectivity index (χ3n) is 1.97. The highest BCUT2D eigenvalue weighted by Crippen LogP contribution is 2.17. The van der Waals surface area contributed by atoms with Crippen LogP contribution in [0.2, 0.25) is 5.28 Å². The molecule has 0 saturated carbocycles. The van der Waals surface area contributed by atoms with Crippen molar-refractivity contribution in [3.8, 4) is 0 Å². The first kappa shape index (κ1) is 9.09. The Hall–Kier alpha value is -1.48. The number of carbonyl (C=O) groups is 1. The molecule has 0 amide bonds. The molecule has 0 bridgehead atoms. The third-order valence-corrected chi connectivity index (χ3v) is 2.13. The van der Waals surface area contributed by atoms with Crippen LogP contribution in [0.25, 0.3) is 10.9 Å². The number of fused-ring (bicyclic) bond motifs is 1. The van der Waals surface area contributed by atoms with Crippen molar-refractivity contribution in [2.24, 2.45) is 0 Å². The maximum absolute atomic E-state index is 10.7. The molecular weight excluding hydrogens is 200 g/mol. The van der Waals surface area contributed by atoms with Gasteiger partial charge in [0.05, 0.1) is 5.52 Å². The standard InChI is InChI=1S/C10H7ClN2O/c1-6-2-3-8-7(4-6)9(5-14)13-10(11)12-8/h2-5H,1H3. The van der Waals surface area contributed by atoms with Crippen molar-refractivity contribution in [3.63, 3.8) is 0 Å². The van der Waals surface area contributed by atoms with E-state index in [0.29, 0.717) is 17.5 Å². The summed E-state index contributed by atoms with van der Waals surface area (Å²) in [7, 11) is 0. The second-order valence-electron chi connectivity index (χ2n) is 3.02. The molecule has 0 aliphatic heterocycles. The molecular formula is C10H7ClN2O. The lowest BCUT2D eigenvalue weighted by molar-refractivity contribution is 0.112. The van der Waals surface area contributed by atoms with Crippen LogP contribution < -0.4 is 0 Å². The molecule has 0 spiro atoms. The van der Waals surface area contributed by atoms with E-state index in [0.717, 1.165) is 10.9 Å². The van der Waals surface area contributed by atoms with Gasteiger partial charge in [0.1, 0.15) is 5.69 Å². The van der Waals surface area contributed by atoms with Gasteiger partial charge in [-0.05, 0) is 30.7 Å². The molecule has 0 aliphatic carbocycles. The fourth-order valence-electron chi connectivity index (χ4n) is 1.33. The third kappa shape index (κ3) is 1.46. The van der Waals surface area contributed by atoms with Crippen LogP contribution in [-0.2, 0) is 0 Å². The van der Waals surface area contributed by atoms with Gasteiger partial charge in [-0.3, -0.25) is 4.79 Å². The Morgan fingerprint density at radius 2 is 2.14 bits per heavy atom. The minimum atomic E-state index is 0.100. The van der Waals surface area contributed by atoms with Gasteiger partial charge in [-0.25, -0.2) is 9.97 Å². The summed E-state index contributed by atoms with van der Waals surface area (Å²) in [5, 5.41) is 0.841. The molecule has 1 aromatic carbocycles. The average molecular weight is 207 g/mol. The summed E-state index contributed by atoms with van der Waals surface area (Å²) < 4.78 is 0. The second-order valence-corrected chi connectivity index (χ2v) is 3.35. The maximum Gasteiger partial charge on any atom is 0.223 e. The van der Waals surface area contributed by atoms with E-state index in [1.807, 2.05) is 25.1 Å². The van der Waals surface area contributed by atoms with Crippen molar-refractivity contribution in [2.75, 3.05) is 0 Å². The summed E-state index contributed by atoms with van der Waals surface area (Å²) in [6.45, 7) is 1.95. The number of halogens is 1. The van der Waals surface area contributed by atoms with Gasteiger partial charge in [-0.1, -0.05) is 11.6 Å². The van der Waals surface area contributed by atoms with Gasteiger partial charge >= 0.3 is 0 Å². The van der Waals surface area contributed by atoms with Crippen LogP contribution in [-0.4, -0.2) is 16.3 Å². The summed E-state index contributed by atoms with van der Waals surface area (Å²) in [6, 6.07) is 5.61. The number of benzene rings is 1. The lowest BCUT2D eigenvalue weighted by Gasteiger charge is -2.01. The van der Waals surface area contributed by atoms with E-state index in [1.165, 1.54) is 0 Å². The Labute approximate surface area is 85.7 Å². The number of carbonyl (C=O) groups excluding carboxylic acids is 1. The predicted octanol–water partition coefficient (Wildman–Crippen LogP) is 2.40. The van der Waals surface area contributed by atoms with Gasteiger partial charge < -0.3 is 0 Å². The fourth-order valence-corrected chi connectivity index (χ4v) is 1.51. The van der Waals surface area contributed by atoms with Gasteiger partial charge in [0.15, 0.2) is 6.29 Å². The SMILES string of the molecule is Cc1ccc2nc(Cl)nc(C=O)c2c1. The highest BCUT2D eigenvalue weighted by atomic mass is 35.5. The van der Waals surface area contributed by atoms with Crippen molar-refractivity contribution in [1.82, 2.24) is 9.97 Å². The van der Waals surface area contributed by atoms with E-state index in [-0.39, 0.29) is 5.28 Å². The summed E-state index contributed by atoms with van der Waals surface area (Å²) in [6.07, 6.45) is 0.690. The zero-order valence-electron chi connectivity index (χ0n) is 7.49. The Bertz CT molecular complexity index is 511. The topological polar surface area (TPSA) is 42.9 Å². The maximum atomic E-state index is 10.7. The zero-order valence-corrected chi connectivity index (χ0v) is 8.25. The van der Waals surface area contributed by atoms with Crippen LogP contribution in [0.3, 0.4) is 0 Å². The van der Waals surface area contributed by atoms with Gasteiger partial charge in [0.2, 0.25) is 5.28 Å². The van der Waals surface area contributed by atoms with E-state index in [4.69, 9.17) is 11.6 Å². The molecule has 0 unspecified atom stereocenters. The van der Waals surface area contributed by atoms with Gasteiger partial charge in [-0.15, -0.1) is 0 Å². The van der Waals surface area contributed by atoms with Gasteiger partial charge in [0.25, 0.3) is 0 Å². The average Bonchev–Trinajstić information content (AvgIpc) is 2.17. The monoisotopic (exact) mass is 206 g/mol. The van der Waals surface area contributed by atoms with E-state index in [2.05, 4.69) is 9.97 Å². The summed E-state index contributed by atoms with van der Waals surface area (Å²) in [4.78, 5) is 18.6. The number of aromatic nitrogens is 2. The normalized spacial score (nSPS) is 10.4. The van der Waals surface area contributed by atoms with E-state index in [9.17, 15) is 4.79 Å². The lowest BCUT2D eigenvalue weighted by Crippen LogP contribution is -1.93. The summed E-state index contributed by atoms with van der Waals surface area (Å²) in [5.74, 6) is 0. The Balaban J connectivity index is 2.88. The van der Waals surface area contributed by atoms with Crippen LogP contribution in [0.5, 0.6) is 0 Å². The first-order valence-electron chi connectivity index (χ1n) is 4.10. The summed E-state index contributed by atoms with van der Waals surface area (Å²) in [5.41, 5.74) is 2.09. The molecule has 0 fully saturated rings. The Morgan fingerprint density at radius 1 is 1.36 bits per heavy atom. The molecule has 3 nitrogen and oxygen atoms in total. The fraction of sp³-hybridized carbons (Fsp3) is 0.100. The molecule has 0 aliphatic rings. The molecule has 0 radical (unpaired) electrons. The largest absolute Gasteiger partial charge is 0.296 e. The molecule has 70 valence electrons. The van der Waals surface area contributed by atoms with Crippen molar-refractivity contribution >= 4 is 28.8 Å². The van der Waals surface area contributed by atoms with Gasteiger partial charge in [0, 0.05) is 5.39 Å². The first-order valence-corrected chi connectivity index (χ1v) is 4.47. The van der Waals surface area contributed by atoms with Crippen LogP contribution >= 0.6 is 11.6 Å². The number of aldehydes is 1. The molecule has 2 rings (SSSR count).